The molecule has 0 spiro atoms. The summed E-state index contributed by atoms with van der Waals surface area (Å²) in [6, 6.07) is 80.7. The van der Waals surface area contributed by atoms with Gasteiger partial charge in [-0.15, -0.1) is 0 Å². The van der Waals surface area contributed by atoms with E-state index in [1.54, 1.807) is 0 Å². The first-order valence-electron chi connectivity index (χ1n) is 19.8. The highest BCUT2D eigenvalue weighted by Crippen LogP contribution is 2.46. The number of rotatable bonds is 7. The summed E-state index contributed by atoms with van der Waals surface area (Å²) in [5.74, 6) is 0. The molecule has 0 fully saturated rings. The molecule has 0 aliphatic carbocycles. The van der Waals surface area contributed by atoms with E-state index in [4.69, 9.17) is 4.42 Å². The lowest BCUT2D eigenvalue weighted by Crippen LogP contribution is -2.11. The molecule has 0 saturated heterocycles. The third kappa shape index (κ3) is 5.74. The summed E-state index contributed by atoms with van der Waals surface area (Å²) in [5.41, 5.74) is 14.3. The van der Waals surface area contributed by atoms with Gasteiger partial charge in [-0.25, -0.2) is 0 Å². The molecule has 58 heavy (non-hydrogen) atoms. The third-order valence-electron chi connectivity index (χ3n) is 11.4. The van der Waals surface area contributed by atoms with Crippen LogP contribution in [0.15, 0.2) is 229 Å². The Morgan fingerprint density at radius 3 is 1.64 bits per heavy atom. The van der Waals surface area contributed by atoms with Crippen LogP contribution in [0.2, 0.25) is 0 Å². The van der Waals surface area contributed by atoms with E-state index in [0.29, 0.717) is 0 Å². The van der Waals surface area contributed by atoms with Crippen molar-refractivity contribution in [1.29, 1.82) is 0 Å². The van der Waals surface area contributed by atoms with E-state index in [1.807, 2.05) is 12.1 Å². The van der Waals surface area contributed by atoms with Gasteiger partial charge in [0.2, 0.25) is 0 Å². The van der Waals surface area contributed by atoms with Gasteiger partial charge in [-0.3, -0.25) is 0 Å². The molecule has 2 heteroatoms. The Balaban J connectivity index is 1.15. The summed E-state index contributed by atoms with van der Waals surface area (Å²) < 4.78 is 6.56. The first kappa shape index (κ1) is 33.6. The van der Waals surface area contributed by atoms with Crippen molar-refractivity contribution >= 4 is 60.5 Å². The maximum Gasteiger partial charge on any atom is 0.143 e. The van der Waals surface area contributed by atoms with Crippen molar-refractivity contribution in [2.75, 3.05) is 4.90 Å². The molecule has 2 nitrogen and oxygen atoms in total. The molecule has 1 aromatic heterocycles. The Kier molecular flexibility index (Phi) is 8.19. The Labute approximate surface area is 337 Å². The van der Waals surface area contributed by atoms with Crippen LogP contribution in [0, 0.1) is 0 Å². The van der Waals surface area contributed by atoms with Crippen LogP contribution in [0.1, 0.15) is 0 Å². The molecule has 0 N–H and O–H groups in total. The third-order valence-corrected chi connectivity index (χ3v) is 11.4. The van der Waals surface area contributed by atoms with Gasteiger partial charge in [0.25, 0.3) is 0 Å². The van der Waals surface area contributed by atoms with Gasteiger partial charge in [0.1, 0.15) is 11.2 Å². The molecule has 0 aliphatic rings. The van der Waals surface area contributed by atoms with E-state index in [9.17, 15) is 0 Å². The standard InChI is InChI=1S/C56H37NO/c1-2-16-39(17-3-1)47-30-13-20-40-21-14-32-51(55(40)47)49-27-6-8-34-53(49)57(43-24-10-22-41(36-43)46-29-12-19-38-18-4-5-26-45(38)46)44-25-11-23-42(37-44)48-31-15-33-52-50-28-7-9-35-54(50)58-56(48)52/h1-37H. The number of hydrogen-bond donors (Lipinski definition) is 0. The van der Waals surface area contributed by atoms with Gasteiger partial charge in [0.15, 0.2) is 0 Å². The minimum Gasteiger partial charge on any atom is -0.455 e. The number of nitrogens with zero attached hydrogens (tertiary/aromatic N) is 1. The zero-order chi connectivity index (χ0) is 38.4. The molecule has 0 atom stereocenters. The number of hydrogen-bond acceptors (Lipinski definition) is 2. The maximum atomic E-state index is 6.56. The van der Waals surface area contributed by atoms with Crippen molar-refractivity contribution in [1.82, 2.24) is 0 Å². The van der Waals surface area contributed by atoms with Crippen molar-refractivity contribution in [3.05, 3.63) is 224 Å². The van der Waals surface area contributed by atoms with Crippen molar-refractivity contribution in [3.8, 4) is 44.5 Å². The summed E-state index contributed by atoms with van der Waals surface area (Å²) in [4.78, 5) is 2.43. The average Bonchev–Trinajstić information content (AvgIpc) is 3.68. The average molecular weight is 740 g/mol. The summed E-state index contributed by atoms with van der Waals surface area (Å²) in [6.45, 7) is 0. The molecule has 11 rings (SSSR count). The van der Waals surface area contributed by atoms with Gasteiger partial charge in [0, 0.05) is 33.3 Å². The Morgan fingerprint density at radius 1 is 0.310 bits per heavy atom. The summed E-state index contributed by atoms with van der Waals surface area (Å²) in [7, 11) is 0. The SMILES string of the molecule is c1ccc(-c2cccc3cccc(-c4ccccc4N(c4cccc(-c5cccc6ccccc56)c4)c4cccc(-c5cccc6c5oc5ccccc56)c4)c23)cc1. The fourth-order valence-corrected chi connectivity index (χ4v) is 8.82. The molecular formula is C56H37NO. The van der Waals surface area contributed by atoms with Crippen LogP contribution in [0.4, 0.5) is 17.1 Å². The number of para-hydroxylation sites is 3. The minimum absolute atomic E-state index is 0.895. The van der Waals surface area contributed by atoms with Crippen molar-refractivity contribution in [3.63, 3.8) is 0 Å². The van der Waals surface area contributed by atoms with E-state index < -0.39 is 0 Å². The summed E-state index contributed by atoms with van der Waals surface area (Å²) in [5, 5.41) is 7.15. The monoisotopic (exact) mass is 739 g/mol. The number of fused-ring (bicyclic) bond motifs is 5. The normalized spacial score (nSPS) is 11.4. The fourth-order valence-electron chi connectivity index (χ4n) is 8.82. The highest BCUT2D eigenvalue weighted by Gasteiger charge is 2.21. The van der Waals surface area contributed by atoms with Crippen LogP contribution < -0.4 is 4.90 Å². The molecule has 0 aliphatic heterocycles. The van der Waals surface area contributed by atoms with E-state index >= 15 is 0 Å². The second-order valence-corrected chi connectivity index (χ2v) is 14.8. The van der Waals surface area contributed by atoms with E-state index in [1.165, 1.54) is 43.8 Å². The lowest BCUT2D eigenvalue weighted by atomic mass is 9.90. The molecular weight excluding hydrogens is 703 g/mol. The lowest BCUT2D eigenvalue weighted by molar-refractivity contribution is 0.670. The van der Waals surface area contributed by atoms with Gasteiger partial charge in [-0.1, -0.05) is 188 Å². The number of benzene rings is 10. The molecule has 0 radical (unpaired) electrons. The molecule has 272 valence electrons. The second kappa shape index (κ2) is 14.1. The summed E-state index contributed by atoms with van der Waals surface area (Å²) >= 11 is 0. The van der Waals surface area contributed by atoms with Gasteiger partial charge < -0.3 is 9.32 Å². The first-order chi connectivity index (χ1) is 28.8. The van der Waals surface area contributed by atoms with Gasteiger partial charge in [-0.05, 0) is 91.3 Å². The molecule has 0 amide bonds. The van der Waals surface area contributed by atoms with Crippen LogP contribution >= 0.6 is 0 Å². The highest BCUT2D eigenvalue weighted by atomic mass is 16.3. The minimum atomic E-state index is 0.895. The molecule has 0 unspecified atom stereocenters. The zero-order valence-electron chi connectivity index (χ0n) is 31.7. The zero-order valence-corrected chi connectivity index (χ0v) is 31.7. The van der Waals surface area contributed by atoms with Crippen molar-refractivity contribution in [2.45, 2.75) is 0 Å². The van der Waals surface area contributed by atoms with Crippen LogP contribution in [0.25, 0.3) is 88.0 Å². The number of furan rings is 1. The Morgan fingerprint density at radius 2 is 0.828 bits per heavy atom. The summed E-state index contributed by atoms with van der Waals surface area (Å²) in [6.07, 6.45) is 0. The van der Waals surface area contributed by atoms with Gasteiger partial charge >= 0.3 is 0 Å². The van der Waals surface area contributed by atoms with Crippen LogP contribution in [0.3, 0.4) is 0 Å². The molecule has 0 saturated carbocycles. The fraction of sp³-hybridized carbons (Fsp3) is 0. The Hall–Kier alpha value is -7.68. The molecule has 0 bridgehead atoms. The molecule has 1 heterocycles. The molecule has 11 aromatic rings. The topological polar surface area (TPSA) is 16.4 Å². The predicted molar refractivity (Wildman–Crippen MR) is 245 cm³/mol. The van der Waals surface area contributed by atoms with Gasteiger partial charge in [-0.2, -0.15) is 0 Å². The number of anilines is 3. The predicted octanol–water partition coefficient (Wildman–Crippen LogP) is 16.0. The maximum absolute atomic E-state index is 6.56. The van der Waals surface area contributed by atoms with Crippen molar-refractivity contribution < 1.29 is 4.42 Å². The van der Waals surface area contributed by atoms with Crippen LogP contribution in [-0.2, 0) is 0 Å². The van der Waals surface area contributed by atoms with Crippen molar-refractivity contribution in [2.24, 2.45) is 0 Å². The van der Waals surface area contributed by atoms with E-state index in [2.05, 4.69) is 217 Å². The largest absolute Gasteiger partial charge is 0.455 e. The highest BCUT2D eigenvalue weighted by molar-refractivity contribution is 6.11. The van der Waals surface area contributed by atoms with E-state index in [-0.39, 0.29) is 0 Å². The van der Waals surface area contributed by atoms with Gasteiger partial charge in [0.05, 0.1) is 5.69 Å². The van der Waals surface area contributed by atoms with E-state index in [0.717, 1.165) is 61.3 Å². The quantitative estimate of drug-likeness (QED) is 0.162. The second-order valence-electron chi connectivity index (χ2n) is 14.8. The smallest absolute Gasteiger partial charge is 0.143 e. The first-order valence-corrected chi connectivity index (χ1v) is 19.8. The lowest BCUT2D eigenvalue weighted by Gasteiger charge is -2.29. The van der Waals surface area contributed by atoms with Crippen LogP contribution in [0.5, 0.6) is 0 Å². The van der Waals surface area contributed by atoms with Crippen LogP contribution in [-0.4, -0.2) is 0 Å². The Bertz CT molecular complexity index is 3290. The molecule has 10 aromatic carbocycles.